The summed E-state index contributed by atoms with van der Waals surface area (Å²) in [5.41, 5.74) is 2.69. The summed E-state index contributed by atoms with van der Waals surface area (Å²) in [5.74, 6) is 0.506. The highest BCUT2D eigenvalue weighted by molar-refractivity contribution is 5.95. The third kappa shape index (κ3) is 3.98. The summed E-state index contributed by atoms with van der Waals surface area (Å²) in [6, 6.07) is 9.73. The van der Waals surface area contributed by atoms with Crippen LogP contribution in [0.15, 0.2) is 42.7 Å². The fourth-order valence-electron chi connectivity index (χ4n) is 3.92. The molecule has 1 aromatic carbocycles. The topological polar surface area (TPSA) is 95.9 Å². The summed E-state index contributed by atoms with van der Waals surface area (Å²) < 4.78 is 1.75. The molecular weight excluding hydrogens is 380 g/mol. The van der Waals surface area contributed by atoms with Crippen LogP contribution in [0.2, 0.25) is 0 Å². The summed E-state index contributed by atoms with van der Waals surface area (Å²) >= 11 is 0. The molecule has 4 rings (SSSR count). The van der Waals surface area contributed by atoms with E-state index < -0.39 is 0 Å². The highest BCUT2D eigenvalue weighted by atomic mass is 16.2. The average molecular weight is 406 g/mol. The number of nitrogens with zero attached hydrogens (tertiary/aromatic N) is 4. The third-order valence-electron chi connectivity index (χ3n) is 5.37. The number of amides is 2. The number of carbonyl (C=O) groups excluding carboxylic acids is 2. The second kappa shape index (κ2) is 8.52. The summed E-state index contributed by atoms with van der Waals surface area (Å²) in [7, 11) is 0. The Bertz CT molecular complexity index is 1040. The number of piperidine rings is 1. The van der Waals surface area contributed by atoms with Gasteiger partial charge in [-0.15, -0.1) is 0 Å². The molecule has 1 fully saturated rings. The molecule has 0 spiro atoms. The first-order valence-corrected chi connectivity index (χ1v) is 10.3. The van der Waals surface area contributed by atoms with Gasteiger partial charge in [-0.25, -0.2) is 9.67 Å². The van der Waals surface area contributed by atoms with Gasteiger partial charge in [-0.05, 0) is 38.8 Å². The average Bonchev–Trinajstić information content (AvgIpc) is 3.41. The van der Waals surface area contributed by atoms with Crippen LogP contribution in [0.25, 0.3) is 5.69 Å². The van der Waals surface area contributed by atoms with Crippen molar-refractivity contribution in [2.75, 3.05) is 19.6 Å². The van der Waals surface area contributed by atoms with Crippen LogP contribution in [-0.4, -0.2) is 56.1 Å². The normalized spacial score (nSPS) is 16.5. The SMILES string of the molecule is CCNC(=O)c1cn(-c2ccccc2)nc1[C@H]1CCCN(C(=O)c2cnc(C)[nH]2)C1. The fourth-order valence-corrected chi connectivity index (χ4v) is 3.92. The van der Waals surface area contributed by atoms with E-state index in [-0.39, 0.29) is 17.7 Å². The maximum atomic E-state index is 12.9. The summed E-state index contributed by atoms with van der Waals surface area (Å²) in [6.45, 7) is 5.47. The smallest absolute Gasteiger partial charge is 0.271 e. The molecule has 3 aromatic rings. The van der Waals surface area contributed by atoms with Gasteiger partial charge < -0.3 is 15.2 Å². The Balaban J connectivity index is 1.63. The zero-order valence-electron chi connectivity index (χ0n) is 17.3. The van der Waals surface area contributed by atoms with Crippen LogP contribution in [-0.2, 0) is 0 Å². The number of likely N-dealkylation sites (tertiary alicyclic amines) is 1. The van der Waals surface area contributed by atoms with E-state index in [4.69, 9.17) is 5.10 Å². The van der Waals surface area contributed by atoms with E-state index in [1.165, 1.54) is 0 Å². The van der Waals surface area contributed by atoms with Gasteiger partial charge in [-0.2, -0.15) is 5.10 Å². The van der Waals surface area contributed by atoms with Gasteiger partial charge in [0.15, 0.2) is 0 Å². The van der Waals surface area contributed by atoms with Crippen LogP contribution in [0.3, 0.4) is 0 Å². The summed E-state index contributed by atoms with van der Waals surface area (Å²) in [6.07, 6.45) is 5.10. The first-order valence-electron chi connectivity index (χ1n) is 10.3. The number of H-pyrrole nitrogens is 1. The molecule has 0 saturated carbocycles. The van der Waals surface area contributed by atoms with Gasteiger partial charge >= 0.3 is 0 Å². The van der Waals surface area contributed by atoms with Gasteiger partial charge in [-0.1, -0.05) is 18.2 Å². The number of imidazole rings is 1. The number of hydrogen-bond acceptors (Lipinski definition) is 4. The largest absolute Gasteiger partial charge is 0.352 e. The quantitative estimate of drug-likeness (QED) is 0.681. The van der Waals surface area contributed by atoms with Crippen LogP contribution in [0.5, 0.6) is 0 Å². The van der Waals surface area contributed by atoms with E-state index in [1.807, 2.05) is 49.1 Å². The maximum Gasteiger partial charge on any atom is 0.271 e. The molecule has 30 heavy (non-hydrogen) atoms. The molecule has 8 nitrogen and oxygen atoms in total. The molecule has 1 saturated heterocycles. The van der Waals surface area contributed by atoms with E-state index in [0.29, 0.717) is 36.7 Å². The van der Waals surface area contributed by atoms with Crippen molar-refractivity contribution < 1.29 is 9.59 Å². The Morgan fingerprint density at radius 1 is 1.27 bits per heavy atom. The van der Waals surface area contributed by atoms with Gasteiger partial charge in [0.05, 0.1) is 23.1 Å². The molecule has 0 bridgehead atoms. The van der Waals surface area contributed by atoms with Crippen LogP contribution in [0.4, 0.5) is 0 Å². The lowest BCUT2D eigenvalue weighted by atomic mass is 9.92. The Kier molecular flexibility index (Phi) is 5.65. The van der Waals surface area contributed by atoms with Crippen molar-refractivity contribution in [1.29, 1.82) is 0 Å². The molecule has 1 atom stereocenters. The van der Waals surface area contributed by atoms with Crippen LogP contribution >= 0.6 is 0 Å². The number of nitrogens with one attached hydrogen (secondary N) is 2. The van der Waals surface area contributed by atoms with Crippen LogP contribution in [0.1, 0.15) is 58.0 Å². The number of benzene rings is 1. The third-order valence-corrected chi connectivity index (χ3v) is 5.37. The number of rotatable bonds is 5. The van der Waals surface area contributed by atoms with E-state index in [0.717, 1.165) is 24.2 Å². The maximum absolute atomic E-state index is 12.9. The minimum atomic E-state index is -0.137. The van der Waals surface area contributed by atoms with Crippen LogP contribution < -0.4 is 5.32 Å². The molecule has 156 valence electrons. The molecule has 0 radical (unpaired) electrons. The molecule has 2 amide bonds. The minimum Gasteiger partial charge on any atom is -0.352 e. The highest BCUT2D eigenvalue weighted by Crippen LogP contribution is 2.30. The van der Waals surface area contributed by atoms with Crippen molar-refractivity contribution in [1.82, 2.24) is 30.0 Å². The van der Waals surface area contributed by atoms with Crippen molar-refractivity contribution in [2.45, 2.75) is 32.6 Å². The zero-order valence-corrected chi connectivity index (χ0v) is 17.3. The number of hydrogen-bond donors (Lipinski definition) is 2. The number of aromatic amines is 1. The van der Waals surface area contributed by atoms with Crippen molar-refractivity contribution in [3.63, 3.8) is 0 Å². The Morgan fingerprint density at radius 3 is 2.77 bits per heavy atom. The molecule has 2 aromatic heterocycles. The Hall–Kier alpha value is -3.42. The second-order valence-corrected chi connectivity index (χ2v) is 7.54. The number of aromatic nitrogens is 4. The molecule has 0 aliphatic carbocycles. The lowest BCUT2D eigenvalue weighted by Gasteiger charge is -2.32. The van der Waals surface area contributed by atoms with E-state index in [9.17, 15) is 9.59 Å². The first kappa shape index (κ1) is 19.9. The lowest BCUT2D eigenvalue weighted by molar-refractivity contribution is 0.0700. The molecule has 1 aliphatic heterocycles. The molecule has 0 unspecified atom stereocenters. The van der Waals surface area contributed by atoms with E-state index in [2.05, 4.69) is 15.3 Å². The molecule has 8 heteroatoms. The number of aryl methyl sites for hydroxylation is 1. The highest BCUT2D eigenvalue weighted by Gasteiger charge is 2.31. The van der Waals surface area contributed by atoms with Crippen molar-refractivity contribution >= 4 is 11.8 Å². The zero-order chi connectivity index (χ0) is 21.1. The predicted molar refractivity (Wildman–Crippen MR) is 113 cm³/mol. The standard InChI is InChI=1S/C22H26N6O2/c1-3-23-21(29)18-14-28(17-9-5-4-6-10-17)26-20(18)16-8-7-11-27(13-16)22(30)19-12-24-15(2)25-19/h4-6,9-10,12,14,16H,3,7-8,11,13H2,1-2H3,(H,23,29)(H,24,25)/t16-/m0/s1. The Labute approximate surface area is 175 Å². The second-order valence-electron chi connectivity index (χ2n) is 7.54. The number of carbonyl (C=O) groups is 2. The molecule has 1 aliphatic rings. The summed E-state index contributed by atoms with van der Waals surface area (Å²) in [4.78, 5) is 34.6. The van der Waals surface area contributed by atoms with Gasteiger partial charge in [0.1, 0.15) is 11.5 Å². The Morgan fingerprint density at radius 2 is 2.07 bits per heavy atom. The van der Waals surface area contributed by atoms with Gasteiger partial charge in [-0.3, -0.25) is 9.59 Å². The van der Waals surface area contributed by atoms with Crippen LogP contribution in [0, 0.1) is 6.92 Å². The fraction of sp³-hybridized carbons (Fsp3) is 0.364. The van der Waals surface area contributed by atoms with Crippen molar-refractivity contribution in [3.8, 4) is 5.69 Å². The van der Waals surface area contributed by atoms with Gasteiger partial charge in [0.2, 0.25) is 0 Å². The molecule has 2 N–H and O–H groups in total. The molecular formula is C22H26N6O2. The van der Waals surface area contributed by atoms with E-state index >= 15 is 0 Å². The van der Waals surface area contributed by atoms with Crippen molar-refractivity contribution in [2.24, 2.45) is 0 Å². The monoisotopic (exact) mass is 406 g/mol. The van der Waals surface area contributed by atoms with Gasteiger partial charge in [0.25, 0.3) is 11.8 Å². The predicted octanol–water partition coefficient (Wildman–Crippen LogP) is 2.67. The minimum absolute atomic E-state index is 0.00529. The first-order chi connectivity index (χ1) is 14.6. The van der Waals surface area contributed by atoms with Crippen molar-refractivity contribution in [3.05, 3.63) is 65.5 Å². The van der Waals surface area contributed by atoms with E-state index in [1.54, 1.807) is 17.1 Å². The lowest BCUT2D eigenvalue weighted by Crippen LogP contribution is -2.40. The number of para-hydroxylation sites is 1. The molecule has 3 heterocycles. The summed E-state index contributed by atoms with van der Waals surface area (Å²) in [5, 5.41) is 7.66. The van der Waals surface area contributed by atoms with Gasteiger partial charge in [0, 0.05) is 31.7 Å².